The molecule has 24 heavy (non-hydrogen) atoms. The standard InChI is InChI=1S/C17H21FN4O2/c1-11(23)22-9-7-12(8-10-22)5-6-15(24)19-17-16-13(18)3-2-4-14(16)20-21-17/h2-4,12H,5-10H2,1H3,(H2,19,20,21,24). The molecule has 6 nitrogen and oxygen atoms in total. The second-order valence-corrected chi connectivity index (χ2v) is 6.27. The maximum absolute atomic E-state index is 13.9. The van der Waals surface area contributed by atoms with Gasteiger partial charge >= 0.3 is 0 Å². The third-order valence-corrected chi connectivity index (χ3v) is 4.64. The number of aromatic nitrogens is 2. The first-order valence-electron chi connectivity index (χ1n) is 8.22. The second-order valence-electron chi connectivity index (χ2n) is 6.27. The number of piperidine rings is 1. The van der Waals surface area contributed by atoms with Crippen molar-refractivity contribution in [3.8, 4) is 0 Å². The van der Waals surface area contributed by atoms with E-state index >= 15 is 0 Å². The summed E-state index contributed by atoms with van der Waals surface area (Å²) in [5, 5.41) is 9.68. The van der Waals surface area contributed by atoms with Gasteiger partial charge in [-0.25, -0.2) is 4.39 Å². The van der Waals surface area contributed by atoms with Crippen LogP contribution in [0.15, 0.2) is 18.2 Å². The van der Waals surface area contributed by atoms with E-state index < -0.39 is 5.82 Å². The Balaban J connectivity index is 1.52. The highest BCUT2D eigenvalue weighted by Gasteiger charge is 2.21. The van der Waals surface area contributed by atoms with E-state index in [2.05, 4.69) is 15.5 Å². The zero-order valence-electron chi connectivity index (χ0n) is 13.6. The van der Waals surface area contributed by atoms with Gasteiger partial charge in [-0.1, -0.05) is 6.07 Å². The van der Waals surface area contributed by atoms with Crippen molar-refractivity contribution in [3.63, 3.8) is 0 Å². The van der Waals surface area contributed by atoms with Crippen LogP contribution in [-0.2, 0) is 9.59 Å². The number of benzene rings is 1. The molecule has 2 heterocycles. The van der Waals surface area contributed by atoms with Gasteiger partial charge in [0.15, 0.2) is 5.82 Å². The van der Waals surface area contributed by atoms with Crippen LogP contribution in [0.2, 0.25) is 0 Å². The Morgan fingerprint density at radius 1 is 1.38 bits per heavy atom. The quantitative estimate of drug-likeness (QED) is 0.903. The zero-order chi connectivity index (χ0) is 17.1. The molecule has 1 fully saturated rings. The number of fused-ring (bicyclic) bond motifs is 1. The van der Waals surface area contributed by atoms with E-state index in [1.54, 1.807) is 19.1 Å². The highest BCUT2D eigenvalue weighted by atomic mass is 19.1. The van der Waals surface area contributed by atoms with Crippen molar-refractivity contribution in [2.45, 2.75) is 32.6 Å². The molecule has 0 spiro atoms. The molecule has 2 aromatic rings. The highest BCUT2D eigenvalue weighted by molar-refractivity contribution is 5.99. The largest absolute Gasteiger partial charge is 0.343 e. The fourth-order valence-electron chi connectivity index (χ4n) is 3.19. The van der Waals surface area contributed by atoms with E-state index in [4.69, 9.17) is 0 Å². The van der Waals surface area contributed by atoms with Gasteiger partial charge in [0, 0.05) is 26.4 Å². The average molecular weight is 332 g/mol. The SMILES string of the molecule is CC(=O)N1CCC(CCC(=O)Nc2n[nH]c3cccc(F)c23)CC1. The molecule has 0 radical (unpaired) electrons. The lowest BCUT2D eigenvalue weighted by atomic mass is 9.92. The minimum Gasteiger partial charge on any atom is -0.343 e. The number of aromatic amines is 1. The number of likely N-dealkylation sites (tertiary alicyclic amines) is 1. The molecule has 128 valence electrons. The van der Waals surface area contributed by atoms with Gasteiger partial charge in [0.25, 0.3) is 0 Å². The Morgan fingerprint density at radius 3 is 2.83 bits per heavy atom. The first kappa shape index (κ1) is 16.4. The van der Waals surface area contributed by atoms with E-state index in [9.17, 15) is 14.0 Å². The monoisotopic (exact) mass is 332 g/mol. The van der Waals surface area contributed by atoms with E-state index in [0.717, 1.165) is 32.4 Å². The van der Waals surface area contributed by atoms with Gasteiger partial charge in [-0.05, 0) is 37.3 Å². The van der Waals surface area contributed by atoms with Crippen molar-refractivity contribution in [1.82, 2.24) is 15.1 Å². The topological polar surface area (TPSA) is 78.1 Å². The predicted octanol–water partition coefficient (Wildman–Crippen LogP) is 2.68. The van der Waals surface area contributed by atoms with Crippen molar-refractivity contribution >= 4 is 28.5 Å². The molecule has 2 N–H and O–H groups in total. The zero-order valence-corrected chi connectivity index (χ0v) is 13.6. The molecule has 0 aliphatic carbocycles. The molecular weight excluding hydrogens is 311 g/mol. The highest BCUT2D eigenvalue weighted by Crippen LogP contribution is 2.25. The number of hydrogen-bond acceptors (Lipinski definition) is 3. The number of anilines is 1. The Hall–Kier alpha value is -2.44. The summed E-state index contributed by atoms with van der Waals surface area (Å²) in [6.45, 7) is 3.11. The van der Waals surface area contributed by atoms with Crippen LogP contribution in [0.1, 0.15) is 32.6 Å². The van der Waals surface area contributed by atoms with Crippen LogP contribution >= 0.6 is 0 Å². The van der Waals surface area contributed by atoms with Crippen LogP contribution in [0, 0.1) is 11.7 Å². The molecule has 0 unspecified atom stereocenters. The predicted molar refractivity (Wildman–Crippen MR) is 88.9 cm³/mol. The molecule has 0 bridgehead atoms. The normalized spacial score (nSPS) is 15.7. The van der Waals surface area contributed by atoms with Gasteiger partial charge < -0.3 is 10.2 Å². The van der Waals surface area contributed by atoms with Gasteiger partial charge in [0.2, 0.25) is 11.8 Å². The number of H-pyrrole nitrogens is 1. The van der Waals surface area contributed by atoms with Crippen molar-refractivity contribution in [2.24, 2.45) is 5.92 Å². The lowest BCUT2D eigenvalue weighted by Gasteiger charge is -2.31. The maximum atomic E-state index is 13.9. The Kier molecular flexibility index (Phi) is 4.78. The molecule has 3 rings (SSSR count). The number of nitrogens with zero attached hydrogens (tertiary/aromatic N) is 2. The number of carbonyl (C=O) groups excluding carboxylic acids is 2. The Morgan fingerprint density at radius 2 is 2.12 bits per heavy atom. The molecule has 1 aromatic heterocycles. The molecule has 1 aliphatic rings. The molecule has 2 amide bonds. The van der Waals surface area contributed by atoms with Crippen LogP contribution in [0.4, 0.5) is 10.2 Å². The molecule has 0 saturated carbocycles. The summed E-state index contributed by atoms with van der Waals surface area (Å²) in [7, 11) is 0. The number of nitrogens with one attached hydrogen (secondary N) is 2. The van der Waals surface area contributed by atoms with E-state index in [1.165, 1.54) is 6.07 Å². The Bertz CT molecular complexity index is 750. The van der Waals surface area contributed by atoms with Gasteiger partial charge in [0.05, 0.1) is 10.9 Å². The smallest absolute Gasteiger partial charge is 0.225 e. The van der Waals surface area contributed by atoms with Crippen molar-refractivity contribution < 1.29 is 14.0 Å². The summed E-state index contributed by atoms with van der Waals surface area (Å²) >= 11 is 0. The molecule has 1 aromatic carbocycles. The summed E-state index contributed by atoms with van der Waals surface area (Å²) in [6.07, 6.45) is 2.98. The van der Waals surface area contributed by atoms with Crippen LogP contribution < -0.4 is 5.32 Å². The van der Waals surface area contributed by atoms with E-state index in [0.29, 0.717) is 23.2 Å². The van der Waals surface area contributed by atoms with E-state index in [1.807, 2.05) is 4.90 Å². The first-order valence-corrected chi connectivity index (χ1v) is 8.22. The Labute approximate surface area is 139 Å². The summed E-state index contributed by atoms with van der Waals surface area (Å²) in [5.74, 6) is 0.214. The lowest BCUT2D eigenvalue weighted by Crippen LogP contribution is -2.37. The van der Waals surface area contributed by atoms with Crippen LogP contribution in [-0.4, -0.2) is 40.0 Å². The van der Waals surface area contributed by atoms with Crippen molar-refractivity contribution in [2.75, 3.05) is 18.4 Å². The summed E-state index contributed by atoms with van der Waals surface area (Å²) < 4.78 is 13.9. The fourth-order valence-corrected chi connectivity index (χ4v) is 3.19. The van der Waals surface area contributed by atoms with Crippen molar-refractivity contribution in [1.29, 1.82) is 0 Å². The second kappa shape index (κ2) is 6.98. The van der Waals surface area contributed by atoms with Crippen molar-refractivity contribution in [3.05, 3.63) is 24.0 Å². The summed E-state index contributed by atoms with van der Waals surface area (Å²) in [5.41, 5.74) is 0.557. The molecule has 0 atom stereocenters. The molecular formula is C17H21FN4O2. The number of halogens is 1. The molecule has 1 aliphatic heterocycles. The van der Waals surface area contributed by atoms with E-state index in [-0.39, 0.29) is 17.6 Å². The molecule has 7 heteroatoms. The summed E-state index contributed by atoms with van der Waals surface area (Å²) in [4.78, 5) is 25.3. The minimum atomic E-state index is -0.409. The third-order valence-electron chi connectivity index (χ3n) is 4.64. The van der Waals surface area contributed by atoms with Gasteiger partial charge in [-0.2, -0.15) is 5.10 Å². The number of rotatable bonds is 4. The van der Waals surface area contributed by atoms with Gasteiger partial charge in [-0.15, -0.1) is 0 Å². The number of hydrogen-bond donors (Lipinski definition) is 2. The maximum Gasteiger partial charge on any atom is 0.225 e. The van der Waals surface area contributed by atoms with Crippen LogP contribution in [0.3, 0.4) is 0 Å². The van der Waals surface area contributed by atoms with Crippen LogP contribution in [0.5, 0.6) is 0 Å². The van der Waals surface area contributed by atoms with Gasteiger partial charge in [0.1, 0.15) is 5.82 Å². The number of amides is 2. The fraction of sp³-hybridized carbons (Fsp3) is 0.471. The van der Waals surface area contributed by atoms with Gasteiger partial charge in [-0.3, -0.25) is 14.7 Å². The minimum absolute atomic E-state index is 0.110. The average Bonchev–Trinajstić information content (AvgIpc) is 2.97. The number of carbonyl (C=O) groups is 2. The van der Waals surface area contributed by atoms with Crippen LogP contribution in [0.25, 0.3) is 10.9 Å². The summed E-state index contributed by atoms with van der Waals surface area (Å²) in [6, 6.07) is 4.65. The first-order chi connectivity index (χ1) is 11.5. The molecule has 1 saturated heterocycles. The third kappa shape index (κ3) is 3.55. The lowest BCUT2D eigenvalue weighted by molar-refractivity contribution is -0.130.